The van der Waals surface area contributed by atoms with Gasteiger partial charge in [0.15, 0.2) is 17.2 Å². The Morgan fingerprint density at radius 2 is 1.64 bits per heavy atom. The van der Waals surface area contributed by atoms with E-state index >= 15 is 0 Å². The SMILES string of the molecule is CCCCOc1ccc(-c2nn(-c3ccccc3)c(C(=O)OC)c2C(=O)OC)cc1OCC. The Labute approximate surface area is 193 Å². The van der Waals surface area contributed by atoms with Crippen molar-refractivity contribution in [1.29, 1.82) is 0 Å². The summed E-state index contributed by atoms with van der Waals surface area (Å²) in [4.78, 5) is 25.5. The van der Waals surface area contributed by atoms with Gasteiger partial charge in [0.2, 0.25) is 0 Å². The summed E-state index contributed by atoms with van der Waals surface area (Å²) in [6, 6.07) is 14.3. The fourth-order valence-electron chi connectivity index (χ4n) is 3.33. The number of benzene rings is 2. The lowest BCUT2D eigenvalue weighted by molar-refractivity contribution is 0.0549. The molecule has 0 saturated heterocycles. The molecule has 0 saturated carbocycles. The third-order valence-electron chi connectivity index (χ3n) is 4.93. The van der Waals surface area contributed by atoms with Crippen molar-refractivity contribution >= 4 is 11.9 Å². The smallest absolute Gasteiger partial charge is 0.357 e. The number of unbranched alkanes of at least 4 members (excludes halogenated alkanes) is 1. The first kappa shape index (κ1) is 23.8. The maximum Gasteiger partial charge on any atom is 0.357 e. The Balaban J connectivity index is 2.21. The van der Waals surface area contributed by atoms with Crippen LogP contribution in [-0.4, -0.2) is 49.2 Å². The van der Waals surface area contributed by atoms with Crippen molar-refractivity contribution in [1.82, 2.24) is 9.78 Å². The highest BCUT2D eigenvalue weighted by atomic mass is 16.5. The minimum absolute atomic E-state index is 0.00954. The molecular weight excluding hydrogens is 424 g/mol. The van der Waals surface area contributed by atoms with Gasteiger partial charge in [-0.2, -0.15) is 5.10 Å². The number of methoxy groups -OCH3 is 2. The summed E-state index contributed by atoms with van der Waals surface area (Å²) >= 11 is 0. The second-order valence-electron chi connectivity index (χ2n) is 7.10. The van der Waals surface area contributed by atoms with E-state index in [0.29, 0.717) is 36.0 Å². The first-order valence-electron chi connectivity index (χ1n) is 10.8. The van der Waals surface area contributed by atoms with E-state index in [0.717, 1.165) is 12.8 Å². The average Bonchev–Trinajstić information content (AvgIpc) is 3.25. The molecule has 3 aromatic rings. The molecule has 0 amide bonds. The number of rotatable bonds is 10. The number of hydrogen-bond acceptors (Lipinski definition) is 7. The van der Waals surface area contributed by atoms with Gasteiger partial charge in [-0.1, -0.05) is 31.5 Å². The Kier molecular flexibility index (Phi) is 8.07. The highest BCUT2D eigenvalue weighted by Gasteiger charge is 2.31. The third-order valence-corrected chi connectivity index (χ3v) is 4.93. The van der Waals surface area contributed by atoms with Crippen LogP contribution in [0.25, 0.3) is 16.9 Å². The van der Waals surface area contributed by atoms with Crippen LogP contribution < -0.4 is 9.47 Å². The summed E-state index contributed by atoms with van der Waals surface area (Å²) in [5.74, 6) is -0.281. The number of aromatic nitrogens is 2. The van der Waals surface area contributed by atoms with Crippen molar-refractivity contribution in [3.63, 3.8) is 0 Å². The molecule has 3 rings (SSSR count). The summed E-state index contributed by atoms with van der Waals surface area (Å²) in [6.07, 6.45) is 1.93. The molecule has 0 unspecified atom stereocenters. The molecular formula is C25H28N2O6. The predicted molar refractivity (Wildman–Crippen MR) is 123 cm³/mol. The van der Waals surface area contributed by atoms with Gasteiger partial charge in [0.05, 0.1) is 33.1 Å². The molecule has 0 radical (unpaired) electrons. The van der Waals surface area contributed by atoms with Crippen LogP contribution in [0.5, 0.6) is 11.5 Å². The first-order chi connectivity index (χ1) is 16.0. The fourth-order valence-corrected chi connectivity index (χ4v) is 3.33. The first-order valence-corrected chi connectivity index (χ1v) is 10.8. The zero-order valence-electron chi connectivity index (χ0n) is 19.3. The van der Waals surface area contributed by atoms with E-state index in [1.165, 1.54) is 18.9 Å². The summed E-state index contributed by atoms with van der Waals surface area (Å²) in [6.45, 7) is 4.97. The number of carbonyl (C=O) groups excluding carboxylic acids is 2. The normalized spacial score (nSPS) is 10.5. The van der Waals surface area contributed by atoms with Crippen molar-refractivity contribution in [2.45, 2.75) is 26.7 Å². The highest BCUT2D eigenvalue weighted by molar-refractivity contribution is 6.06. The van der Waals surface area contributed by atoms with E-state index in [2.05, 4.69) is 12.0 Å². The van der Waals surface area contributed by atoms with Gasteiger partial charge in [-0.25, -0.2) is 14.3 Å². The largest absolute Gasteiger partial charge is 0.490 e. The molecule has 1 heterocycles. The monoisotopic (exact) mass is 452 g/mol. The molecule has 0 spiro atoms. The average molecular weight is 453 g/mol. The third kappa shape index (κ3) is 5.16. The van der Waals surface area contributed by atoms with Gasteiger partial charge < -0.3 is 18.9 Å². The van der Waals surface area contributed by atoms with Crippen molar-refractivity contribution in [3.05, 3.63) is 59.8 Å². The predicted octanol–water partition coefficient (Wildman–Crippen LogP) is 4.69. The zero-order valence-corrected chi connectivity index (χ0v) is 19.3. The molecule has 0 atom stereocenters. The number of carbonyl (C=O) groups is 2. The van der Waals surface area contributed by atoms with Gasteiger partial charge in [-0.05, 0) is 43.7 Å². The van der Waals surface area contributed by atoms with E-state index in [-0.39, 0.29) is 17.0 Å². The van der Waals surface area contributed by atoms with Crippen LogP contribution in [0.4, 0.5) is 0 Å². The van der Waals surface area contributed by atoms with Gasteiger partial charge in [-0.3, -0.25) is 0 Å². The van der Waals surface area contributed by atoms with Crippen LogP contribution in [-0.2, 0) is 9.47 Å². The van der Waals surface area contributed by atoms with Crippen LogP contribution in [0.3, 0.4) is 0 Å². The van der Waals surface area contributed by atoms with Crippen LogP contribution in [0.1, 0.15) is 47.5 Å². The molecule has 0 N–H and O–H groups in total. The molecule has 0 aliphatic carbocycles. The highest BCUT2D eigenvalue weighted by Crippen LogP contribution is 2.36. The molecule has 8 heteroatoms. The lowest BCUT2D eigenvalue weighted by Gasteiger charge is -2.13. The molecule has 0 fully saturated rings. The van der Waals surface area contributed by atoms with Gasteiger partial charge in [0.1, 0.15) is 11.3 Å². The zero-order chi connectivity index (χ0) is 23.8. The van der Waals surface area contributed by atoms with Gasteiger partial charge in [0, 0.05) is 5.56 Å². The van der Waals surface area contributed by atoms with Crippen LogP contribution in [0.2, 0.25) is 0 Å². The number of para-hydroxylation sites is 1. The molecule has 33 heavy (non-hydrogen) atoms. The second-order valence-corrected chi connectivity index (χ2v) is 7.10. The Morgan fingerprint density at radius 3 is 2.27 bits per heavy atom. The van der Waals surface area contributed by atoms with Crippen molar-refractivity contribution in [2.24, 2.45) is 0 Å². The van der Waals surface area contributed by atoms with Crippen molar-refractivity contribution in [3.8, 4) is 28.4 Å². The number of hydrogen-bond donors (Lipinski definition) is 0. The molecule has 2 aromatic carbocycles. The number of esters is 2. The van der Waals surface area contributed by atoms with E-state index < -0.39 is 11.9 Å². The quantitative estimate of drug-likeness (QED) is 0.326. The summed E-state index contributed by atoms with van der Waals surface area (Å²) in [5.41, 5.74) is 1.43. The molecule has 174 valence electrons. The maximum atomic E-state index is 12.8. The summed E-state index contributed by atoms with van der Waals surface area (Å²) in [5, 5.41) is 4.61. The van der Waals surface area contributed by atoms with Gasteiger partial charge >= 0.3 is 11.9 Å². The molecule has 0 bridgehead atoms. The van der Waals surface area contributed by atoms with Gasteiger partial charge in [-0.15, -0.1) is 0 Å². The van der Waals surface area contributed by atoms with Crippen LogP contribution in [0.15, 0.2) is 48.5 Å². The van der Waals surface area contributed by atoms with E-state index in [9.17, 15) is 9.59 Å². The molecule has 8 nitrogen and oxygen atoms in total. The van der Waals surface area contributed by atoms with Crippen molar-refractivity contribution < 1.29 is 28.5 Å². The number of ether oxygens (including phenoxy) is 4. The summed E-state index contributed by atoms with van der Waals surface area (Å²) in [7, 11) is 2.50. The van der Waals surface area contributed by atoms with E-state index in [1.807, 2.05) is 25.1 Å². The lowest BCUT2D eigenvalue weighted by atomic mass is 10.0. The van der Waals surface area contributed by atoms with Crippen LogP contribution >= 0.6 is 0 Å². The molecule has 1 aromatic heterocycles. The van der Waals surface area contributed by atoms with Crippen molar-refractivity contribution in [2.75, 3.05) is 27.4 Å². The summed E-state index contributed by atoms with van der Waals surface area (Å²) < 4.78 is 23.0. The molecule has 0 aliphatic rings. The minimum atomic E-state index is -0.706. The maximum absolute atomic E-state index is 12.8. The fraction of sp³-hybridized carbons (Fsp3) is 0.320. The minimum Gasteiger partial charge on any atom is -0.490 e. The lowest BCUT2D eigenvalue weighted by Crippen LogP contribution is -2.15. The van der Waals surface area contributed by atoms with Gasteiger partial charge in [0.25, 0.3) is 0 Å². The Bertz CT molecular complexity index is 1110. The standard InChI is InChI=1S/C25H28N2O6/c1-5-7-15-33-19-14-13-17(16-20(19)32-6-2)22-21(24(28)30-3)23(25(29)31-4)27(26-22)18-11-9-8-10-12-18/h8-14,16H,5-7,15H2,1-4H3. The number of nitrogens with zero attached hydrogens (tertiary/aromatic N) is 2. The topological polar surface area (TPSA) is 88.9 Å². The second kappa shape index (κ2) is 11.2. The van der Waals surface area contributed by atoms with E-state index in [1.54, 1.807) is 30.3 Å². The Morgan fingerprint density at radius 1 is 0.909 bits per heavy atom. The van der Waals surface area contributed by atoms with Crippen LogP contribution in [0, 0.1) is 0 Å². The Hall–Kier alpha value is -3.81. The molecule has 0 aliphatic heterocycles. The van der Waals surface area contributed by atoms with E-state index in [4.69, 9.17) is 18.9 Å².